The summed E-state index contributed by atoms with van der Waals surface area (Å²) in [5, 5.41) is 21.8. The molecular formula is C18H20N4O3. The number of benzene rings is 1. The number of nitrogens with one attached hydrogen (secondary N) is 1. The van der Waals surface area contributed by atoms with E-state index in [2.05, 4.69) is 20.2 Å². The Kier molecular flexibility index (Phi) is 5.25. The number of carbonyl (C=O) groups is 1. The third-order valence-corrected chi connectivity index (χ3v) is 4.08. The van der Waals surface area contributed by atoms with Gasteiger partial charge in [0.15, 0.2) is 0 Å². The van der Waals surface area contributed by atoms with Crippen LogP contribution in [0, 0.1) is 0 Å². The second-order valence-electron chi connectivity index (χ2n) is 5.99. The molecule has 3 rings (SSSR count). The van der Waals surface area contributed by atoms with E-state index in [1.807, 2.05) is 18.2 Å². The molecular weight excluding hydrogens is 320 g/mol. The number of phenolic OH excluding ortho intramolecular Hbond substituents is 1. The highest BCUT2D eigenvalue weighted by Gasteiger charge is 2.23. The predicted octanol–water partition coefficient (Wildman–Crippen LogP) is 1.97. The van der Waals surface area contributed by atoms with Crippen LogP contribution in [0.25, 0.3) is 6.08 Å². The smallest absolute Gasteiger partial charge is 0.328 e. The molecule has 130 valence electrons. The van der Waals surface area contributed by atoms with Gasteiger partial charge in [0.2, 0.25) is 0 Å². The van der Waals surface area contributed by atoms with Gasteiger partial charge in [-0.3, -0.25) is 9.88 Å². The largest absolute Gasteiger partial charge is 0.508 e. The zero-order valence-electron chi connectivity index (χ0n) is 13.7. The first kappa shape index (κ1) is 16.9. The number of para-hydroxylation sites is 1. The van der Waals surface area contributed by atoms with E-state index in [-0.39, 0.29) is 6.04 Å². The molecule has 1 aliphatic rings. The minimum Gasteiger partial charge on any atom is -0.508 e. The highest BCUT2D eigenvalue weighted by molar-refractivity contribution is 5.84. The van der Waals surface area contributed by atoms with Crippen molar-refractivity contribution in [1.82, 2.24) is 14.9 Å². The van der Waals surface area contributed by atoms with Crippen LogP contribution < -0.4 is 5.32 Å². The van der Waals surface area contributed by atoms with E-state index >= 15 is 0 Å². The number of aromatic hydroxyl groups is 1. The van der Waals surface area contributed by atoms with Crippen LogP contribution in [-0.4, -0.2) is 50.2 Å². The van der Waals surface area contributed by atoms with Gasteiger partial charge in [0.25, 0.3) is 0 Å². The topological polar surface area (TPSA) is 98.6 Å². The van der Waals surface area contributed by atoms with Crippen molar-refractivity contribution in [3.05, 3.63) is 54.0 Å². The number of carboxylic acid groups (broad SMARTS) is 1. The van der Waals surface area contributed by atoms with Crippen molar-refractivity contribution in [3.63, 3.8) is 0 Å². The molecule has 1 aliphatic heterocycles. The first-order valence-corrected chi connectivity index (χ1v) is 8.09. The Bertz CT molecular complexity index is 761. The van der Waals surface area contributed by atoms with Crippen LogP contribution in [0.1, 0.15) is 17.7 Å². The molecule has 25 heavy (non-hydrogen) atoms. The van der Waals surface area contributed by atoms with Crippen LogP contribution >= 0.6 is 0 Å². The van der Waals surface area contributed by atoms with Gasteiger partial charge in [0.05, 0.1) is 18.1 Å². The maximum atomic E-state index is 10.5. The van der Waals surface area contributed by atoms with Crippen molar-refractivity contribution in [1.29, 1.82) is 0 Å². The Balaban J connectivity index is 1.53. The lowest BCUT2D eigenvalue weighted by molar-refractivity contribution is -0.131. The quantitative estimate of drug-likeness (QED) is 0.691. The van der Waals surface area contributed by atoms with Crippen molar-refractivity contribution >= 4 is 17.9 Å². The number of hydrogen-bond acceptors (Lipinski definition) is 6. The normalized spacial score (nSPS) is 17.8. The Labute approximate surface area is 145 Å². The van der Waals surface area contributed by atoms with E-state index in [0.717, 1.165) is 37.7 Å². The molecule has 3 N–H and O–H groups in total. The summed E-state index contributed by atoms with van der Waals surface area (Å²) in [4.78, 5) is 21.2. The molecule has 0 radical (unpaired) electrons. The van der Waals surface area contributed by atoms with E-state index in [1.165, 1.54) is 12.3 Å². The van der Waals surface area contributed by atoms with Gasteiger partial charge in [0, 0.05) is 37.3 Å². The van der Waals surface area contributed by atoms with Crippen molar-refractivity contribution in [2.75, 3.05) is 18.4 Å². The molecule has 0 amide bonds. The number of aromatic nitrogens is 2. The van der Waals surface area contributed by atoms with E-state index in [9.17, 15) is 9.90 Å². The molecule has 0 aliphatic carbocycles. The summed E-state index contributed by atoms with van der Waals surface area (Å²) >= 11 is 0. The lowest BCUT2D eigenvalue weighted by Crippen LogP contribution is -2.26. The lowest BCUT2D eigenvalue weighted by Gasteiger charge is -2.17. The number of nitrogens with zero attached hydrogens (tertiary/aromatic N) is 3. The van der Waals surface area contributed by atoms with Gasteiger partial charge >= 0.3 is 5.97 Å². The number of rotatable bonds is 6. The maximum absolute atomic E-state index is 10.5. The molecule has 7 nitrogen and oxygen atoms in total. The highest BCUT2D eigenvalue weighted by atomic mass is 16.4. The summed E-state index contributed by atoms with van der Waals surface area (Å²) in [6, 6.07) is 7.65. The predicted molar refractivity (Wildman–Crippen MR) is 94.1 cm³/mol. The van der Waals surface area contributed by atoms with Crippen LogP contribution in [0.15, 0.2) is 42.7 Å². The number of hydrogen-bond donors (Lipinski definition) is 3. The molecule has 7 heteroatoms. The van der Waals surface area contributed by atoms with Crippen molar-refractivity contribution in [2.24, 2.45) is 0 Å². The van der Waals surface area contributed by atoms with E-state index in [4.69, 9.17) is 5.11 Å². The Morgan fingerprint density at radius 2 is 2.16 bits per heavy atom. The monoisotopic (exact) mass is 340 g/mol. The fourth-order valence-corrected chi connectivity index (χ4v) is 2.84. The van der Waals surface area contributed by atoms with Gasteiger partial charge in [-0.15, -0.1) is 0 Å². The van der Waals surface area contributed by atoms with Crippen molar-refractivity contribution in [2.45, 2.75) is 19.0 Å². The molecule has 0 bridgehead atoms. The molecule has 1 aromatic carbocycles. The van der Waals surface area contributed by atoms with Crippen molar-refractivity contribution < 1.29 is 15.0 Å². The minimum atomic E-state index is -1.01. The van der Waals surface area contributed by atoms with Gasteiger partial charge in [0.1, 0.15) is 11.6 Å². The number of phenols is 1. The number of anilines is 1. The molecule has 0 saturated carbocycles. The maximum Gasteiger partial charge on any atom is 0.328 e. The summed E-state index contributed by atoms with van der Waals surface area (Å²) in [5.41, 5.74) is 1.43. The Morgan fingerprint density at radius 1 is 1.32 bits per heavy atom. The molecule has 1 fully saturated rings. The van der Waals surface area contributed by atoms with Crippen LogP contribution in [0.2, 0.25) is 0 Å². The molecule has 1 saturated heterocycles. The number of aliphatic carboxylic acids is 1. The molecule has 2 heterocycles. The van der Waals surface area contributed by atoms with Gasteiger partial charge < -0.3 is 15.5 Å². The summed E-state index contributed by atoms with van der Waals surface area (Å²) in [7, 11) is 0. The van der Waals surface area contributed by atoms with E-state index in [1.54, 1.807) is 12.3 Å². The van der Waals surface area contributed by atoms with Gasteiger partial charge in [-0.25, -0.2) is 9.78 Å². The summed E-state index contributed by atoms with van der Waals surface area (Å²) < 4.78 is 0. The van der Waals surface area contributed by atoms with Gasteiger partial charge in [-0.2, -0.15) is 0 Å². The SMILES string of the molecule is O=C(O)/C=C/c1cnc(N[C@@H]2CCN(Cc3ccccc3O)C2)cn1. The molecule has 0 unspecified atom stereocenters. The number of likely N-dealkylation sites (tertiary alicyclic amines) is 1. The van der Waals surface area contributed by atoms with Gasteiger partial charge in [-0.1, -0.05) is 18.2 Å². The zero-order valence-corrected chi connectivity index (χ0v) is 13.7. The lowest BCUT2D eigenvalue weighted by atomic mass is 10.2. The second kappa shape index (κ2) is 7.76. The standard InChI is InChI=1S/C18H20N4O3/c23-16-4-2-1-3-13(16)11-22-8-7-15(12-22)21-17-10-19-14(9-20-17)5-6-18(24)25/h1-6,9-10,15,23H,7-8,11-12H2,(H,20,21)(H,24,25)/b6-5+/t15-/m1/s1. The summed E-state index contributed by atoms with van der Waals surface area (Å²) in [6.07, 6.45) is 6.56. The Hall–Kier alpha value is -2.93. The van der Waals surface area contributed by atoms with Crippen molar-refractivity contribution in [3.8, 4) is 5.75 Å². The highest BCUT2D eigenvalue weighted by Crippen LogP contribution is 2.21. The molecule has 1 atom stereocenters. The first-order valence-electron chi connectivity index (χ1n) is 8.09. The molecule has 2 aromatic rings. The second-order valence-corrected chi connectivity index (χ2v) is 5.99. The average molecular weight is 340 g/mol. The fourth-order valence-electron chi connectivity index (χ4n) is 2.84. The van der Waals surface area contributed by atoms with E-state index in [0.29, 0.717) is 17.3 Å². The first-order chi connectivity index (χ1) is 12.1. The van der Waals surface area contributed by atoms with Gasteiger partial charge in [-0.05, 0) is 18.6 Å². The van der Waals surface area contributed by atoms with Crippen LogP contribution in [0.4, 0.5) is 5.82 Å². The van der Waals surface area contributed by atoms with Crippen LogP contribution in [0.3, 0.4) is 0 Å². The zero-order chi connectivity index (χ0) is 17.6. The molecule has 1 aromatic heterocycles. The molecule has 0 spiro atoms. The fraction of sp³-hybridized carbons (Fsp3) is 0.278. The van der Waals surface area contributed by atoms with E-state index < -0.39 is 5.97 Å². The van der Waals surface area contributed by atoms with Crippen LogP contribution in [0.5, 0.6) is 5.75 Å². The third-order valence-electron chi connectivity index (χ3n) is 4.08. The van der Waals surface area contributed by atoms with Crippen LogP contribution in [-0.2, 0) is 11.3 Å². The third kappa shape index (κ3) is 4.77. The number of carboxylic acids is 1. The summed E-state index contributed by atoms with van der Waals surface area (Å²) in [5.74, 6) is -0.0174. The summed E-state index contributed by atoms with van der Waals surface area (Å²) in [6.45, 7) is 2.52. The average Bonchev–Trinajstić information content (AvgIpc) is 3.03. The minimum absolute atomic E-state index is 0.264. The Morgan fingerprint density at radius 3 is 2.88 bits per heavy atom.